The SMILES string of the molecule is COC(=O)[C@H]1OC(C)(C)O[C@H]1c1ccc(Cl)cc1Cl. The maximum atomic E-state index is 11.8. The third kappa shape index (κ3) is 3.03. The summed E-state index contributed by atoms with van der Waals surface area (Å²) in [5.41, 5.74) is 0.645. The van der Waals surface area contributed by atoms with Crippen LogP contribution in [0.15, 0.2) is 18.2 Å². The second kappa shape index (κ2) is 5.29. The van der Waals surface area contributed by atoms with E-state index in [0.29, 0.717) is 15.6 Å². The van der Waals surface area contributed by atoms with Gasteiger partial charge in [0, 0.05) is 15.6 Å². The van der Waals surface area contributed by atoms with E-state index in [1.54, 1.807) is 32.0 Å². The summed E-state index contributed by atoms with van der Waals surface area (Å²) in [6.45, 7) is 3.46. The highest BCUT2D eigenvalue weighted by Crippen LogP contribution is 2.41. The largest absolute Gasteiger partial charge is 0.467 e. The highest BCUT2D eigenvalue weighted by Gasteiger charge is 2.47. The number of hydrogen-bond acceptors (Lipinski definition) is 4. The third-order valence-electron chi connectivity index (χ3n) is 2.80. The molecule has 1 aliphatic rings. The molecule has 0 aromatic heterocycles. The first-order chi connectivity index (χ1) is 8.84. The molecule has 1 aromatic carbocycles. The number of ether oxygens (including phenoxy) is 3. The standard InChI is InChI=1S/C13H14Cl2O4/c1-13(2)18-10(11(19-13)12(16)17-3)8-5-4-7(14)6-9(8)15/h4-6,10-11H,1-3H3/t10-,11-/m0/s1. The Morgan fingerprint density at radius 3 is 2.58 bits per heavy atom. The zero-order chi connectivity index (χ0) is 14.2. The van der Waals surface area contributed by atoms with Crippen LogP contribution in [0.25, 0.3) is 0 Å². The number of carbonyl (C=O) groups excluding carboxylic acids is 1. The van der Waals surface area contributed by atoms with Crippen molar-refractivity contribution in [1.82, 2.24) is 0 Å². The Balaban J connectivity index is 2.37. The molecule has 0 aliphatic carbocycles. The molecule has 0 bridgehead atoms. The van der Waals surface area contributed by atoms with Gasteiger partial charge < -0.3 is 14.2 Å². The van der Waals surface area contributed by atoms with Gasteiger partial charge in [-0.25, -0.2) is 4.79 Å². The van der Waals surface area contributed by atoms with E-state index in [2.05, 4.69) is 0 Å². The lowest BCUT2D eigenvalue weighted by atomic mass is 10.0. The summed E-state index contributed by atoms with van der Waals surface area (Å²) >= 11 is 12.0. The molecule has 0 N–H and O–H groups in total. The third-order valence-corrected chi connectivity index (χ3v) is 3.36. The van der Waals surface area contributed by atoms with E-state index in [0.717, 1.165) is 0 Å². The number of methoxy groups -OCH3 is 1. The second-order valence-corrected chi connectivity index (χ2v) is 5.51. The highest BCUT2D eigenvalue weighted by molar-refractivity contribution is 6.35. The lowest BCUT2D eigenvalue weighted by Crippen LogP contribution is -2.29. The van der Waals surface area contributed by atoms with E-state index < -0.39 is 24.0 Å². The highest BCUT2D eigenvalue weighted by atomic mass is 35.5. The molecular formula is C13H14Cl2O4. The zero-order valence-electron chi connectivity index (χ0n) is 10.8. The molecule has 1 heterocycles. The van der Waals surface area contributed by atoms with Gasteiger partial charge in [-0.1, -0.05) is 29.3 Å². The van der Waals surface area contributed by atoms with Crippen LogP contribution >= 0.6 is 23.2 Å². The van der Waals surface area contributed by atoms with E-state index in [9.17, 15) is 4.79 Å². The minimum Gasteiger partial charge on any atom is -0.467 e. The second-order valence-electron chi connectivity index (χ2n) is 4.67. The molecule has 1 aromatic rings. The van der Waals surface area contributed by atoms with Gasteiger partial charge in [-0.2, -0.15) is 0 Å². The Morgan fingerprint density at radius 2 is 2.00 bits per heavy atom. The molecule has 1 fully saturated rings. The van der Waals surface area contributed by atoms with Crippen molar-refractivity contribution in [2.45, 2.75) is 31.8 Å². The lowest BCUT2D eigenvalue weighted by Gasteiger charge is -2.17. The summed E-state index contributed by atoms with van der Waals surface area (Å²) in [7, 11) is 1.30. The monoisotopic (exact) mass is 304 g/mol. The normalized spacial score (nSPS) is 25.3. The summed E-state index contributed by atoms with van der Waals surface area (Å²) in [5.74, 6) is -1.38. The Kier molecular flexibility index (Phi) is 4.06. The van der Waals surface area contributed by atoms with E-state index in [4.69, 9.17) is 37.4 Å². The van der Waals surface area contributed by atoms with Crippen molar-refractivity contribution in [2.24, 2.45) is 0 Å². The van der Waals surface area contributed by atoms with Crippen molar-refractivity contribution < 1.29 is 19.0 Å². The quantitative estimate of drug-likeness (QED) is 0.786. The summed E-state index contributed by atoms with van der Waals surface area (Å²) < 4.78 is 16.0. The first kappa shape index (κ1) is 14.6. The zero-order valence-corrected chi connectivity index (χ0v) is 12.3. The van der Waals surface area contributed by atoms with Gasteiger partial charge in [0.05, 0.1) is 7.11 Å². The Labute approximate surface area is 121 Å². The number of esters is 1. The number of hydrogen-bond donors (Lipinski definition) is 0. The molecule has 104 valence electrons. The van der Waals surface area contributed by atoms with E-state index in [1.807, 2.05) is 0 Å². The minimum absolute atomic E-state index is 0.424. The molecular weight excluding hydrogens is 291 g/mol. The van der Waals surface area contributed by atoms with Gasteiger partial charge >= 0.3 is 5.97 Å². The van der Waals surface area contributed by atoms with Gasteiger partial charge in [0.1, 0.15) is 6.10 Å². The average molecular weight is 305 g/mol. The summed E-state index contributed by atoms with van der Waals surface area (Å²) in [6, 6.07) is 5.00. The number of halogens is 2. The number of carbonyl (C=O) groups is 1. The molecule has 2 rings (SSSR count). The first-order valence-electron chi connectivity index (χ1n) is 5.72. The summed E-state index contributed by atoms with van der Waals surface area (Å²) in [6.07, 6.45) is -1.47. The average Bonchev–Trinajstić information content (AvgIpc) is 2.64. The molecule has 2 atom stereocenters. The fraction of sp³-hybridized carbons (Fsp3) is 0.462. The molecule has 1 saturated heterocycles. The minimum atomic E-state index is -0.882. The van der Waals surface area contributed by atoms with Crippen LogP contribution in [0.2, 0.25) is 10.0 Å². The van der Waals surface area contributed by atoms with Crippen LogP contribution in [0.1, 0.15) is 25.5 Å². The number of rotatable bonds is 2. The van der Waals surface area contributed by atoms with Crippen molar-refractivity contribution >= 4 is 29.2 Å². The van der Waals surface area contributed by atoms with E-state index in [-0.39, 0.29) is 0 Å². The van der Waals surface area contributed by atoms with Gasteiger partial charge in [0.15, 0.2) is 11.9 Å². The van der Waals surface area contributed by atoms with Crippen LogP contribution in [0.3, 0.4) is 0 Å². The van der Waals surface area contributed by atoms with Crippen molar-refractivity contribution in [2.75, 3.05) is 7.11 Å². The Bertz CT molecular complexity index is 501. The Hall–Kier alpha value is -0.810. The predicted molar refractivity (Wildman–Crippen MR) is 71.3 cm³/mol. The van der Waals surface area contributed by atoms with Crippen LogP contribution in [0, 0.1) is 0 Å². The van der Waals surface area contributed by atoms with E-state index >= 15 is 0 Å². The summed E-state index contributed by atoms with van der Waals surface area (Å²) in [5, 5.41) is 0.939. The molecule has 4 nitrogen and oxygen atoms in total. The van der Waals surface area contributed by atoms with E-state index in [1.165, 1.54) is 7.11 Å². The van der Waals surface area contributed by atoms with Crippen LogP contribution in [-0.2, 0) is 19.0 Å². The van der Waals surface area contributed by atoms with Gasteiger partial charge in [0.2, 0.25) is 0 Å². The van der Waals surface area contributed by atoms with Gasteiger partial charge in [-0.15, -0.1) is 0 Å². The topological polar surface area (TPSA) is 44.8 Å². The maximum absolute atomic E-state index is 11.8. The molecule has 0 spiro atoms. The fourth-order valence-corrected chi connectivity index (χ4v) is 2.53. The molecule has 6 heteroatoms. The van der Waals surface area contributed by atoms with Gasteiger partial charge in [0.25, 0.3) is 0 Å². The van der Waals surface area contributed by atoms with Crippen LogP contribution in [-0.4, -0.2) is 25.0 Å². The first-order valence-corrected chi connectivity index (χ1v) is 6.48. The smallest absolute Gasteiger partial charge is 0.338 e. The predicted octanol–water partition coefficient (Wildman–Crippen LogP) is 3.36. The molecule has 0 unspecified atom stereocenters. The van der Waals surface area contributed by atoms with Crippen LogP contribution in [0.4, 0.5) is 0 Å². The molecule has 0 saturated carbocycles. The van der Waals surface area contributed by atoms with Crippen molar-refractivity contribution in [1.29, 1.82) is 0 Å². The van der Waals surface area contributed by atoms with Crippen molar-refractivity contribution in [3.63, 3.8) is 0 Å². The van der Waals surface area contributed by atoms with Crippen molar-refractivity contribution in [3.8, 4) is 0 Å². The number of benzene rings is 1. The van der Waals surface area contributed by atoms with Crippen molar-refractivity contribution in [3.05, 3.63) is 33.8 Å². The van der Waals surface area contributed by atoms with Gasteiger partial charge in [-0.3, -0.25) is 0 Å². The molecule has 0 amide bonds. The molecule has 1 aliphatic heterocycles. The van der Waals surface area contributed by atoms with Crippen LogP contribution < -0.4 is 0 Å². The maximum Gasteiger partial charge on any atom is 0.338 e. The molecule has 0 radical (unpaired) electrons. The van der Waals surface area contributed by atoms with Gasteiger partial charge in [-0.05, 0) is 26.0 Å². The summed E-state index contributed by atoms with van der Waals surface area (Å²) in [4.78, 5) is 11.8. The lowest BCUT2D eigenvalue weighted by molar-refractivity contribution is -0.168. The fourth-order valence-electron chi connectivity index (χ4n) is 2.01. The van der Waals surface area contributed by atoms with Crippen LogP contribution in [0.5, 0.6) is 0 Å². The Morgan fingerprint density at radius 1 is 1.32 bits per heavy atom. The molecule has 19 heavy (non-hydrogen) atoms.